The largest absolute Gasteiger partial charge is 0.504 e. The van der Waals surface area contributed by atoms with Gasteiger partial charge >= 0.3 is 0 Å². The molecular weight excluding hydrogens is 332 g/mol. The van der Waals surface area contributed by atoms with Crippen LogP contribution in [0.15, 0.2) is 48.0 Å². The van der Waals surface area contributed by atoms with E-state index in [-0.39, 0.29) is 11.3 Å². The lowest BCUT2D eigenvalue weighted by molar-refractivity contribution is -0.112. The highest BCUT2D eigenvalue weighted by Gasteiger charge is 2.11. The van der Waals surface area contributed by atoms with Gasteiger partial charge in [-0.25, -0.2) is 0 Å². The number of carbonyl (C=O) groups is 1. The Morgan fingerprint density at radius 3 is 2.46 bits per heavy atom. The van der Waals surface area contributed by atoms with Gasteiger partial charge in [0.05, 0.1) is 13.2 Å². The van der Waals surface area contributed by atoms with Gasteiger partial charge in [0.25, 0.3) is 5.91 Å². The Balaban J connectivity index is 2.16. The molecule has 134 valence electrons. The minimum absolute atomic E-state index is 0.00125. The predicted molar refractivity (Wildman–Crippen MR) is 99.1 cm³/mol. The molecule has 0 radical (unpaired) electrons. The summed E-state index contributed by atoms with van der Waals surface area (Å²) < 4.78 is 10.7. The fourth-order valence-corrected chi connectivity index (χ4v) is 2.21. The van der Waals surface area contributed by atoms with Gasteiger partial charge in [0.2, 0.25) is 0 Å². The first-order chi connectivity index (χ1) is 12.6. The Morgan fingerprint density at radius 2 is 1.85 bits per heavy atom. The minimum atomic E-state index is -0.525. The number of phenols is 1. The van der Waals surface area contributed by atoms with Crippen LogP contribution >= 0.6 is 0 Å². The first-order valence-electron chi connectivity index (χ1n) is 8.19. The van der Waals surface area contributed by atoms with Crippen LogP contribution < -0.4 is 14.8 Å². The number of hydrogen-bond acceptors (Lipinski definition) is 5. The number of rotatable bonds is 7. The maximum absolute atomic E-state index is 12.3. The molecule has 1 amide bonds. The molecule has 0 spiro atoms. The molecule has 0 aliphatic carbocycles. The van der Waals surface area contributed by atoms with Crippen LogP contribution in [-0.2, 0) is 4.79 Å². The number of anilines is 1. The Hall–Kier alpha value is -3.46. The van der Waals surface area contributed by atoms with Crippen LogP contribution in [0.3, 0.4) is 0 Å². The van der Waals surface area contributed by atoms with Crippen molar-refractivity contribution in [2.45, 2.75) is 13.8 Å². The van der Waals surface area contributed by atoms with Gasteiger partial charge in [0, 0.05) is 5.69 Å². The van der Waals surface area contributed by atoms with E-state index in [2.05, 4.69) is 5.32 Å². The zero-order valence-electron chi connectivity index (χ0n) is 14.7. The third kappa shape index (κ3) is 5.02. The lowest BCUT2D eigenvalue weighted by Crippen LogP contribution is -2.13. The van der Waals surface area contributed by atoms with Gasteiger partial charge in [-0.1, -0.05) is 6.07 Å². The third-order valence-electron chi connectivity index (χ3n) is 3.38. The standard InChI is InChI=1S/C20H20N2O4/c1-3-25-17-8-6-16(7-9-17)22-20(24)15(13-21)11-14-5-10-18(23)19(12-14)26-4-2/h5-12,23H,3-4H2,1-2H3,(H,22,24)/b15-11+. The molecule has 6 heteroatoms. The van der Waals surface area contributed by atoms with Crippen LogP contribution in [0.5, 0.6) is 17.2 Å². The Morgan fingerprint density at radius 1 is 1.15 bits per heavy atom. The summed E-state index contributed by atoms with van der Waals surface area (Å²) in [5, 5.41) is 21.7. The number of nitrogens with one attached hydrogen (secondary N) is 1. The molecule has 2 aromatic carbocycles. The average molecular weight is 352 g/mol. The molecule has 26 heavy (non-hydrogen) atoms. The topological polar surface area (TPSA) is 91.6 Å². The van der Waals surface area contributed by atoms with Crippen LogP contribution in [0, 0.1) is 11.3 Å². The lowest BCUT2D eigenvalue weighted by atomic mass is 10.1. The highest BCUT2D eigenvalue weighted by atomic mass is 16.5. The van der Waals surface area contributed by atoms with Gasteiger partial charge in [0.1, 0.15) is 17.4 Å². The van der Waals surface area contributed by atoms with Crippen LogP contribution in [0.4, 0.5) is 5.69 Å². The zero-order chi connectivity index (χ0) is 18.9. The van der Waals surface area contributed by atoms with Gasteiger partial charge in [-0.3, -0.25) is 4.79 Å². The maximum Gasteiger partial charge on any atom is 0.266 e. The van der Waals surface area contributed by atoms with Crippen molar-refractivity contribution >= 4 is 17.7 Å². The first-order valence-corrected chi connectivity index (χ1v) is 8.19. The number of ether oxygens (including phenoxy) is 2. The molecule has 2 aromatic rings. The molecular formula is C20H20N2O4. The molecule has 0 aromatic heterocycles. The van der Waals surface area contributed by atoms with Gasteiger partial charge in [-0.05, 0) is 61.9 Å². The maximum atomic E-state index is 12.3. The second-order valence-corrected chi connectivity index (χ2v) is 5.24. The van der Waals surface area contributed by atoms with Crippen molar-refractivity contribution in [3.05, 3.63) is 53.6 Å². The molecule has 0 saturated carbocycles. The van der Waals surface area contributed by atoms with Crippen molar-refractivity contribution in [3.63, 3.8) is 0 Å². The molecule has 0 atom stereocenters. The van der Waals surface area contributed by atoms with Crippen molar-refractivity contribution < 1.29 is 19.4 Å². The zero-order valence-corrected chi connectivity index (χ0v) is 14.7. The van der Waals surface area contributed by atoms with Crippen molar-refractivity contribution in [3.8, 4) is 23.3 Å². The van der Waals surface area contributed by atoms with E-state index in [1.807, 2.05) is 13.0 Å². The second-order valence-electron chi connectivity index (χ2n) is 5.24. The number of phenolic OH excluding ortho intramolecular Hbond substituents is 1. The molecule has 0 aliphatic heterocycles. The molecule has 0 heterocycles. The Labute approximate surface area is 152 Å². The third-order valence-corrected chi connectivity index (χ3v) is 3.38. The molecule has 6 nitrogen and oxygen atoms in total. The van der Waals surface area contributed by atoms with Gasteiger partial charge < -0.3 is 19.9 Å². The van der Waals surface area contributed by atoms with E-state index in [0.29, 0.717) is 36.0 Å². The van der Waals surface area contributed by atoms with E-state index in [0.717, 1.165) is 0 Å². The fourth-order valence-electron chi connectivity index (χ4n) is 2.21. The van der Waals surface area contributed by atoms with Crippen LogP contribution in [-0.4, -0.2) is 24.2 Å². The van der Waals surface area contributed by atoms with E-state index < -0.39 is 5.91 Å². The van der Waals surface area contributed by atoms with Crippen molar-refractivity contribution in [2.24, 2.45) is 0 Å². The minimum Gasteiger partial charge on any atom is -0.504 e. The molecule has 0 aliphatic rings. The number of nitriles is 1. The quantitative estimate of drug-likeness (QED) is 0.585. The number of aromatic hydroxyl groups is 1. The van der Waals surface area contributed by atoms with Crippen molar-refractivity contribution in [1.82, 2.24) is 0 Å². The number of hydrogen-bond donors (Lipinski definition) is 2. The van der Waals surface area contributed by atoms with Crippen molar-refractivity contribution in [1.29, 1.82) is 5.26 Å². The predicted octanol–water partition coefficient (Wildman–Crippen LogP) is 3.74. The Bertz CT molecular complexity index is 836. The molecule has 2 N–H and O–H groups in total. The number of amides is 1. The first kappa shape index (κ1) is 18.9. The summed E-state index contributed by atoms with van der Waals surface area (Å²) in [6.45, 7) is 4.64. The molecule has 0 fully saturated rings. The highest BCUT2D eigenvalue weighted by molar-refractivity contribution is 6.09. The van der Waals surface area contributed by atoms with Crippen LogP contribution in [0.1, 0.15) is 19.4 Å². The molecule has 2 rings (SSSR count). The number of carbonyl (C=O) groups excluding carboxylic acids is 1. The normalized spacial score (nSPS) is 10.7. The average Bonchev–Trinajstić information content (AvgIpc) is 2.64. The van der Waals surface area contributed by atoms with Gasteiger partial charge in [-0.15, -0.1) is 0 Å². The van der Waals surface area contributed by atoms with E-state index in [9.17, 15) is 15.2 Å². The van der Waals surface area contributed by atoms with E-state index in [1.54, 1.807) is 43.3 Å². The number of nitrogens with zero attached hydrogens (tertiary/aromatic N) is 1. The van der Waals surface area contributed by atoms with E-state index in [4.69, 9.17) is 9.47 Å². The van der Waals surface area contributed by atoms with E-state index in [1.165, 1.54) is 12.1 Å². The monoisotopic (exact) mass is 352 g/mol. The summed E-state index contributed by atoms with van der Waals surface area (Å²) in [6, 6.07) is 13.4. The summed E-state index contributed by atoms with van der Waals surface area (Å²) in [5.41, 5.74) is 1.07. The summed E-state index contributed by atoms with van der Waals surface area (Å²) in [5.74, 6) is 0.476. The summed E-state index contributed by atoms with van der Waals surface area (Å²) in [4.78, 5) is 12.3. The number of benzene rings is 2. The van der Waals surface area contributed by atoms with E-state index >= 15 is 0 Å². The molecule has 0 unspecified atom stereocenters. The fraction of sp³-hybridized carbons (Fsp3) is 0.200. The molecule has 0 bridgehead atoms. The van der Waals surface area contributed by atoms with Crippen LogP contribution in [0.2, 0.25) is 0 Å². The summed E-state index contributed by atoms with van der Waals surface area (Å²) >= 11 is 0. The van der Waals surface area contributed by atoms with Gasteiger partial charge in [0.15, 0.2) is 11.5 Å². The van der Waals surface area contributed by atoms with Crippen molar-refractivity contribution in [2.75, 3.05) is 18.5 Å². The second kappa shape index (κ2) is 9.14. The van der Waals surface area contributed by atoms with Crippen LogP contribution in [0.25, 0.3) is 6.08 Å². The highest BCUT2D eigenvalue weighted by Crippen LogP contribution is 2.28. The van der Waals surface area contributed by atoms with Gasteiger partial charge in [-0.2, -0.15) is 5.26 Å². The lowest BCUT2D eigenvalue weighted by Gasteiger charge is -2.08. The molecule has 0 saturated heterocycles. The Kier molecular flexibility index (Phi) is 6.63. The summed E-state index contributed by atoms with van der Waals surface area (Å²) in [6.07, 6.45) is 1.44. The smallest absolute Gasteiger partial charge is 0.266 e. The summed E-state index contributed by atoms with van der Waals surface area (Å²) in [7, 11) is 0. The SMILES string of the molecule is CCOc1ccc(NC(=O)/C(C#N)=C/c2ccc(O)c(OCC)c2)cc1.